The van der Waals surface area contributed by atoms with Crippen LogP contribution >= 0.6 is 0 Å². The molecular formula is C15H13FOS. The quantitative estimate of drug-likeness (QED) is 0.768. The van der Waals surface area contributed by atoms with Crippen LogP contribution in [0.2, 0.25) is 0 Å². The van der Waals surface area contributed by atoms with E-state index in [4.69, 9.17) is 0 Å². The summed E-state index contributed by atoms with van der Waals surface area (Å²) in [6.45, 7) is 0. The highest BCUT2D eigenvalue weighted by Crippen LogP contribution is 2.10. The van der Waals surface area contributed by atoms with Crippen molar-refractivity contribution in [3.8, 4) is 0 Å². The van der Waals surface area contributed by atoms with Crippen LogP contribution in [-0.4, -0.2) is 4.55 Å². The Labute approximate surface area is 109 Å². The van der Waals surface area contributed by atoms with Crippen LogP contribution in [0.3, 0.4) is 0 Å². The molecule has 0 aliphatic carbocycles. The number of halogens is 1. The van der Waals surface area contributed by atoms with Crippen LogP contribution in [0.1, 0.15) is 11.1 Å². The van der Waals surface area contributed by atoms with Crippen LogP contribution in [0.4, 0.5) is 4.39 Å². The van der Waals surface area contributed by atoms with E-state index in [1.54, 1.807) is 23.6 Å². The highest BCUT2D eigenvalue weighted by molar-refractivity contribution is 7.93. The maximum absolute atomic E-state index is 12.7. The van der Waals surface area contributed by atoms with Gasteiger partial charge in [-0.2, -0.15) is 0 Å². The van der Waals surface area contributed by atoms with Crippen molar-refractivity contribution in [3.63, 3.8) is 0 Å². The minimum atomic E-state index is -1.05. The fourth-order valence-electron chi connectivity index (χ4n) is 1.51. The van der Waals surface area contributed by atoms with Crippen LogP contribution in [0.15, 0.2) is 60.0 Å². The second-order valence-electron chi connectivity index (χ2n) is 3.86. The number of benzene rings is 2. The van der Waals surface area contributed by atoms with E-state index in [-0.39, 0.29) is 5.82 Å². The fraction of sp³-hybridized carbons (Fsp3) is 0.0667. The van der Waals surface area contributed by atoms with Crippen molar-refractivity contribution in [3.05, 3.63) is 76.9 Å². The van der Waals surface area contributed by atoms with Gasteiger partial charge in [-0.1, -0.05) is 42.5 Å². The second kappa shape index (κ2) is 6.38. The molecule has 92 valence electrons. The topological polar surface area (TPSA) is 23.1 Å². The van der Waals surface area contributed by atoms with E-state index in [0.29, 0.717) is 5.75 Å². The molecule has 1 nitrogen and oxygen atoms in total. The molecule has 2 rings (SSSR count). The zero-order valence-electron chi connectivity index (χ0n) is 9.75. The Morgan fingerprint density at radius 2 is 1.67 bits per heavy atom. The minimum absolute atomic E-state index is 0.266. The lowest BCUT2D eigenvalue weighted by molar-refractivity contribution is 0.603. The minimum Gasteiger partial charge on any atom is -0.612 e. The van der Waals surface area contributed by atoms with E-state index < -0.39 is 11.2 Å². The van der Waals surface area contributed by atoms with Gasteiger partial charge in [0, 0.05) is 5.56 Å². The number of rotatable bonds is 4. The molecule has 0 heterocycles. The smallest absolute Gasteiger partial charge is 0.135 e. The van der Waals surface area contributed by atoms with E-state index in [0.717, 1.165) is 11.1 Å². The fourth-order valence-corrected chi connectivity index (χ4v) is 2.44. The Hall–Kier alpha value is -1.58. The molecule has 2 aromatic carbocycles. The number of hydrogen-bond donors (Lipinski definition) is 0. The summed E-state index contributed by atoms with van der Waals surface area (Å²) < 4.78 is 24.5. The van der Waals surface area contributed by atoms with Crippen LogP contribution in [-0.2, 0) is 16.9 Å². The molecule has 1 unspecified atom stereocenters. The van der Waals surface area contributed by atoms with Gasteiger partial charge >= 0.3 is 0 Å². The Balaban J connectivity index is 1.95. The maximum atomic E-state index is 12.7. The summed E-state index contributed by atoms with van der Waals surface area (Å²) >= 11 is -1.05. The molecule has 0 fully saturated rings. The molecule has 0 radical (unpaired) electrons. The first-order chi connectivity index (χ1) is 8.74. The van der Waals surface area contributed by atoms with Gasteiger partial charge in [-0.3, -0.25) is 0 Å². The zero-order chi connectivity index (χ0) is 12.8. The molecule has 0 spiro atoms. The Bertz CT molecular complexity index is 508. The normalized spacial score (nSPS) is 12.8. The third kappa shape index (κ3) is 4.02. The summed E-state index contributed by atoms with van der Waals surface area (Å²) in [6.07, 6.45) is 1.75. The predicted octanol–water partition coefficient (Wildman–Crippen LogP) is 3.75. The average molecular weight is 260 g/mol. The predicted molar refractivity (Wildman–Crippen MR) is 73.7 cm³/mol. The van der Waals surface area contributed by atoms with Crippen molar-refractivity contribution in [2.75, 3.05) is 0 Å². The lowest BCUT2D eigenvalue weighted by Crippen LogP contribution is -1.99. The van der Waals surface area contributed by atoms with Crippen molar-refractivity contribution in [1.29, 1.82) is 0 Å². The van der Waals surface area contributed by atoms with Gasteiger partial charge in [-0.25, -0.2) is 4.39 Å². The van der Waals surface area contributed by atoms with Crippen molar-refractivity contribution in [2.45, 2.75) is 5.75 Å². The largest absolute Gasteiger partial charge is 0.612 e. The van der Waals surface area contributed by atoms with Crippen molar-refractivity contribution < 1.29 is 8.94 Å². The molecule has 1 atom stereocenters. The Morgan fingerprint density at radius 3 is 2.33 bits per heavy atom. The molecule has 0 amide bonds. The molecule has 18 heavy (non-hydrogen) atoms. The second-order valence-corrected chi connectivity index (χ2v) is 5.19. The third-order valence-corrected chi connectivity index (χ3v) is 3.49. The van der Waals surface area contributed by atoms with Crippen LogP contribution in [0.25, 0.3) is 6.08 Å². The van der Waals surface area contributed by atoms with Crippen LogP contribution < -0.4 is 0 Å². The van der Waals surface area contributed by atoms with E-state index in [1.165, 1.54) is 12.1 Å². The van der Waals surface area contributed by atoms with E-state index in [9.17, 15) is 8.94 Å². The highest BCUT2D eigenvalue weighted by atomic mass is 32.2. The molecular weight excluding hydrogens is 247 g/mol. The standard InChI is InChI=1S/C15H13FOS/c16-15-8-6-13(7-9-15)10-11-18(17)12-14-4-2-1-3-5-14/h1-11H,12H2/b11-10-. The average Bonchev–Trinajstić information content (AvgIpc) is 2.39. The van der Waals surface area contributed by atoms with Gasteiger partial charge in [0.05, 0.1) is 0 Å². The van der Waals surface area contributed by atoms with E-state index >= 15 is 0 Å². The molecule has 0 saturated heterocycles. The Kier molecular flexibility index (Phi) is 4.56. The van der Waals surface area contributed by atoms with Crippen molar-refractivity contribution in [2.24, 2.45) is 0 Å². The summed E-state index contributed by atoms with van der Waals surface area (Å²) in [5, 5.41) is 1.64. The molecule has 0 aliphatic rings. The van der Waals surface area contributed by atoms with Gasteiger partial charge in [-0.15, -0.1) is 0 Å². The summed E-state index contributed by atoms with van der Waals surface area (Å²) in [7, 11) is 0. The summed E-state index contributed by atoms with van der Waals surface area (Å²) in [4.78, 5) is 0. The molecule has 0 N–H and O–H groups in total. The molecule has 3 heteroatoms. The van der Waals surface area contributed by atoms with Gasteiger partial charge in [0.25, 0.3) is 0 Å². The van der Waals surface area contributed by atoms with Crippen LogP contribution in [0.5, 0.6) is 0 Å². The lowest BCUT2D eigenvalue weighted by Gasteiger charge is -2.05. The van der Waals surface area contributed by atoms with Gasteiger partial charge < -0.3 is 4.55 Å². The van der Waals surface area contributed by atoms with Gasteiger partial charge in [0.15, 0.2) is 0 Å². The summed E-state index contributed by atoms with van der Waals surface area (Å²) in [5.41, 5.74) is 1.89. The van der Waals surface area contributed by atoms with Crippen molar-refractivity contribution in [1.82, 2.24) is 0 Å². The number of hydrogen-bond acceptors (Lipinski definition) is 1. The Morgan fingerprint density at radius 1 is 1.00 bits per heavy atom. The summed E-state index contributed by atoms with van der Waals surface area (Å²) in [6, 6.07) is 15.8. The van der Waals surface area contributed by atoms with Crippen molar-refractivity contribution >= 4 is 17.3 Å². The lowest BCUT2D eigenvalue weighted by atomic mass is 10.2. The van der Waals surface area contributed by atoms with E-state index in [1.807, 2.05) is 30.3 Å². The first-order valence-corrected chi connectivity index (χ1v) is 6.97. The van der Waals surface area contributed by atoms with Crippen LogP contribution in [0, 0.1) is 5.82 Å². The molecule has 0 aliphatic heterocycles. The zero-order valence-corrected chi connectivity index (χ0v) is 10.6. The third-order valence-electron chi connectivity index (χ3n) is 2.43. The molecule has 0 saturated carbocycles. The van der Waals surface area contributed by atoms with Gasteiger partial charge in [0.2, 0.25) is 0 Å². The molecule has 0 aromatic heterocycles. The SMILES string of the molecule is [O-][S+](/C=C\c1ccc(F)cc1)Cc1ccccc1. The monoisotopic (exact) mass is 260 g/mol. The first kappa shape index (κ1) is 12.9. The maximum Gasteiger partial charge on any atom is 0.135 e. The summed E-state index contributed by atoms with van der Waals surface area (Å²) in [5.74, 6) is 0.232. The first-order valence-electron chi connectivity index (χ1n) is 5.59. The molecule has 2 aromatic rings. The van der Waals surface area contributed by atoms with Gasteiger partial charge in [-0.05, 0) is 34.9 Å². The van der Waals surface area contributed by atoms with E-state index in [2.05, 4.69) is 0 Å². The molecule has 0 bridgehead atoms. The van der Waals surface area contributed by atoms with Gasteiger partial charge in [0.1, 0.15) is 17.0 Å². The highest BCUT2D eigenvalue weighted by Gasteiger charge is 2.02.